The maximum absolute atomic E-state index is 12.5. The molecule has 1 saturated heterocycles. The van der Waals surface area contributed by atoms with Gasteiger partial charge in [-0.3, -0.25) is 9.59 Å². The summed E-state index contributed by atoms with van der Waals surface area (Å²) in [6.07, 6.45) is 3.19. The summed E-state index contributed by atoms with van der Waals surface area (Å²) in [5.41, 5.74) is 5.60. The van der Waals surface area contributed by atoms with Gasteiger partial charge >= 0.3 is 0 Å². The molecule has 150 valence electrons. The molecule has 0 unspecified atom stereocenters. The third-order valence-electron chi connectivity index (χ3n) is 4.91. The highest BCUT2D eigenvalue weighted by molar-refractivity contribution is 6.03. The second kappa shape index (κ2) is 8.02. The minimum atomic E-state index is -0.865. The monoisotopic (exact) mass is 385 g/mol. The third kappa shape index (κ3) is 4.33. The highest BCUT2D eigenvalue weighted by Crippen LogP contribution is 2.26. The molecule has 1 aromatic heterocycles. The highest BCUT2D eigenvalue weighted by atomic mass is 16.5. The Balaban J connectivity index is 1.64. The lowest BCUT2D eigenvalue weighted by Crippen LogP contribution is -2.53. The van der Waals surface area contributed by atoms with Crippen LogP contribution in [0, 0.1) is 0 Å². The fraction of sp³-hybridized carbons (Fsp3) is 0.450. The smallest absolute Gasteiger partial charge is 0.256 e. The van der Waals surface area contributed by atoms with Crippen LogP contribution in [0.2, 0.25) is 0 Å². The number of ether oxygens (including phenoxy) is 1. The predicted octanol–water partition coefficient (Wildman–Crippen LogP) is 2.04. The van der Waals surface area contributed by atoms with E-state index in [0.29, 0.717) is 30.2 Å². The number of methoxy groups -OCH3 is 1. The third-order valence-corrected chi connectivity index (χ3v) is 4.91. The molecule has 0 bridgehead atoms. The van der Waals surface area contributed by atoms with Gasteiger partial charge in [-0.1, -0.05) is 0 Å². The van der Waals surface area contributed by atoms with Crippen LogP contribution in [0.25, 0.3) is 0 Å². The van der Waals surface area contributed by atoms with Crippen LogP contribution < -0.4 is 15.8 Å². The lowest BCUT2D eigenvalue weighted by Gasteiger charge is -2.36. The second-order valence-electron chi connectivity index (χ2n) is 7.59. The number of likely N-dealkylation sites (tertiary alicyclic amines) is 1. The summed E-state index contributed by atoms with van der Waals surface area (Å²) in [7, 11) is 1.58. The first-order chi connectivity index (χ1) is 13.3. The average molecular weight is 385 g/mol. The number of piperidine rings is 1. The molecule has 1 fully saturated rings. The molecule has 1 aromatic carbocycles. The standard InChI is InChI=1S/C20H27N5O3/c1-20(2,21)19(27)24-12-9-15(10-13-24)25-17(8-11-22-25)23-18(26)14-4-6-16(28-3)7-5-14/h4-8,11,15H,9-10,12-13,21H2,1-3H3,(H,23,26). The van der Waals surface area contributed by atoms with E-state index in [4.69, 9.17) is 10.5 Å². The van der Waals surface area contributed by atoms with E-state index in [1.54, 1.807) is 62.4 Å². The number of hydrogen-bond donors (Lipinski definition) is 2. The van der Waals surface area contributed by atoms with E-state index in [-0.39, 0.29) is 17.9 Å². The molecular formula is C20H27N5O3. The van der Waals surface area contributed by atoms with E-state index >= 15 is 0 Å². The lowest BCUT2D eigenvalue weighted by atomic mass is 10.0. The van der Waals surface area contributed by atoms with Gasteiger partial charge in [-0.05, 0) is 51.0 Å². The number of amides is 2. The molecule has 0 spiro atoms. The number of carbonyl (C=O) groups excluding carboxylic acids is 2. The first kappa shape index (κ1) is 19.9. The van der Waals surface area contributed by atoms with Crippen LogP contribution in [0.4, 0.5) is 5.82 Å². The summed E-state index contributed by atoms with van der Waals surface area (Å²) in [5, 5.41) is 7.31. The van der Waals surface area contributed by atoms with Gasteiger partial charge in [0.1, 0.15) is 11.6 Å². The van der Waals surface area contributed by atoms with Crippen molar-refractivity contribution in [2.45, 2.75) is 38.3 Å². The maximum atomic E-state index is 12.5. The van der Waals surface area contributed by atoms with Gasteiger partial charge in [-0.25, -0.2) is 4.68 Å². The number of anilines is 1. The maximum Gasteiger partial charge on any atom is 0.256 e. The van der Waals surface area contributed by atoms with E-state index in [1.165, 1.54) is 0 Å². The van der Waals surface area contributed by atoms with Gasteiger partial charge in [0.15, 0.2) is 0 Å². The van der Waals surface area contributed by atoms with Gasteiger partial charge in [0.2, 0.25) is 5.91 Å². The van der Waals surface area contributed by atoms with Crippen molar-refractivity contribution in [1.29, 1.82) is 0 Å². The van der Waals surface area contributed by atoms with Gasteiger partial charge in [0.05, 0.1) is 24.9 Å². The van der Waals surface area contributed by atoms with E-state index < -0.39 is 5.54 Å². The molecule has 3 rings (SSSR count). The molecule has 8 heteroatoms. The molecule has 0 saturated carbocycles. The Kier molecular flexibility index (Phi) is 5.69. The molecule has 1 aliphatic heterocycles. The molecule has 2 aromatic rings. The number of nitrogens with zero attached hydrogens (tertiary/aromatic N) is 3. The zero-order valence-electron chi connectivity index (χ0n) is 16.5. The zero-order valence-corrected chi connectivity index (χ0v) is 16.5. The number of nitrogens with two attached hydrogens (primary N) is 1. The summed E-state index contributed by atoms with van der Waals surface area (Å²) in [5.74, 6) is 1.09. The fourth-order valence-corrected chi connectivity index (χ4v) is 3.36. The molecule has 0 radical (unpaired) electrons. The normalized spacial score (nSPS) is 15.4. The van der Waals surface area contributed by atoms with Crippen molar-refractivity contribution < 1.29 is 14.3 Å². The summed E-state index contributed by atoms with van der Waals surface area (Å²) < 4.78 is 6.95. The summed E-state index contributed by atoms with van der Waals surface area (Å²) >= 11 is 0. The molecule has 8 nitrogen and oxygen atoms in total. The largest absolute Gasteiger partial charge is 0.497 e. The van der Waals surface area contributed by atoms with Gasteiger partial charge in [-0.2, -0.15) is 5.10 Å². The zero-order chi connectivity index (χ0) is 20.3. The van der Waals surface area contributed by atoms with Crippen molar-refractivity contribution in [2.24, 2.45) is 5.73 Å². The Hall–Kier alpha value is -2.87. The van der Waals surface area contributed by atoms with E-state index in [2.05, 4.69) is 10.4 Å². The number of hydrogen-bond acceptors (Lipinski definition) is 5. The van der Waals surface area contributed by atoms with Crippen molar-refractivity contribution >= 4 is 17.6 Å². The van der Waals surface area contributed by atoms with Crippen LogP contribution in [0.3, 0.4) is 0 Å². The van der Waals surface area contributed by atoms with Crippen LogP contribution in [-0.4, -0.2) is 52.2 Å². The summed E-state index contributed by atoms with van der Waals surface area (Å²) in [6.45, 7) is 4.69. The van der Waals surface area contributed by atoms with Gasteiger partial charge in [-0.15, -0.1) is 0 Å². The number of aromatic nitrogens is 2. The Morgan fingerprint density at radius 2 is 1.82 bits per heavy atom. The van der Waals surface area contributed by atoms with E-state index in [9.17, 15) is 9.59 Å². The fourth-order valence-electron chi connectivity index (χ4n) is 3.36. The number of nitrogens with one attached hydrogen (secondary N) is 1. The number of rotatable bonds is 5. The Morgan fingerprint density at radius 1 is 1.18 bits per heavy atom. The number of benzene rings is 1. The van der Waals surface area contributed by atoms with E-state index in [1.807, 2.05) is 4.68 Å². The summed E-state index contributed by atoms with van der Waals surface area (Å²) in [6, 6.07) is 8.82. The predicted molar refractivity (Wildman–Crippen MR) is 106 cm³/mol. The topological polar surface area (TPSA) is 102 Å². The van der Waals surface area contributed by atoms with Crippen molar-refractivity contribution in [1.82, 2.24) is 14.7 Å². The minimum absolute atomic E-state index is 0.0422. The molecule has 1 aliphatic rings. The van der Waals surface area contributed by atoms with Crippen LogP contribution in [0.15, 0.2) is 36.5 Å². The molecular weight excluding hydrogens is 358 g/mol. The Bertz CT molecular complexity index is 830. The van der Waals surface area contributed by atoms with Crippen LogP contribution in [-0.2, 0) is 4.79 Å². The first-order valence-corrected chi connectivity index (χ1v) is 9.37. The lowest BCUT2D eigenvalue weighted by molar-refractivity contribution is -0.137. The van der Waals surface area contributed by atoms with Crippen LogP contribution in [0.5, 0.6) is 5.75 Å². The van der Waals surface area contributed by atoms with E-state index in [0.717, 1.165) is 12.8 Å². The quantitative estimate of drug-likeness (QED) is 0.820. The second-order valence-corrected chi connectivity index (χ2v) is 7.59. The highest BCUT2D eigenvalue weighted by Gasteiger charge is 2.32. The van der Waals surface area contributed by atoms with Crippen molar-refractivity contribution in [3.63, 3.8) is 0 Å². The summed E-state index contributed by atoms with van der Waals surface area (Å²) in [4.78, 5) is 26.7. The Labute approximate surface area is 164 Å². The molecule has 3 N–H and O–H groups in total. The van der Waals surface area contributed by atoms with Crippen molar-refractivity contribution in [3.8, 4) is 5.75 Å². The van der Waals surface area contributed by atoms with Crippen molar-refractivity contribution in [3.05, 3.63) is 42.1 Å². The molecule has 0 aliphatic carbocycles. The van der Waals surface area contributed by atoms with Gasteiger partial charge in [0, 0.05) is 24.7 Å². The van der Waals surface area contributed by atoms with Crippen LogP contribution >= 0.6 is 0 Å². The van der Waals surface area contributed by atoms with Crippen LogP contribution in [0.1, 0.15) is 43.1 Å². The molecule has 0 atom stereocenters. The molecule has 2 heterocycles. The first-order valence-electron chi connectivity index (χ1n) is 9.37. The molecule has 2 amide bonds. The minimum Gasteiger partial charge on any atom is -0.497 e. The number of carbonyl (C=O) groups is 2. The Morgan fingerprint density at radius 3 is 2.39 bits per heavy atom. The average Bonchev–Trinajstić information content (AvgIpc) is 3.15. The SMILES string of the molecule is COc1ccc(C(=O)Nc2ccnn2C2CCN(C(=O)C(C)(C)N)CC2)cc1. The van der Waals surface area contributed by atoms with Gasteiger partial charge < -0.3 is 20.7 Å². The molecule has 28 heavy (non-hydrogen) atoms. The van der Waals surface area contributed by atoms with Gasteiger partial charge in [0.25, 0.3) is 5.91 Å². The van der Waals surface area contributed by atoms with Crippen molar-refractivity contribution in [2.75, 3.05) is 25.5 Å².